The molecule has 0 spiro atoms. The molecule has 1 heterocycles. The highest BCUT2D eigenvalue weighted by molar-refractivity contribution is 5.60. The molecule has 1 aromatic heterocycles. The first-order valence-electron chi connectivity index (χ1n) is 8.55. The van der Waals surface area contributed by atoms with Crippen LogP contribution in [0.5, 0.6) is 0 Å². The third-order valence-corrected chi connectivity index (χ3v) is 4.36. The zero-order valence-corrected chi connectivity index (χ0v) is 14.3. The molecule has 122 valence electrons. The van der Waals surface area contributed by atoms with Crippen molar-refractivity contribution in [2.75, 3.05) is 0 Å². The largest absolute Gasteiger partial charge is 0.237 e. The maximum Gasteiger partial charge on any atom is 0.0930 e. The van der Waals surface area contributed by atoms with Crippen LogP contribution >= 0.6 is 0 Å². The Morgan fingerprint density at radius 3 is 2.08 bits per heavy atom. The highest BCUT2D eigenvalue weighted by Crippen LogP contribution is 2.23. The molecular formula is C23H20N2. The molecule has 3 aromatic carbocycles. The summed E-state index contributed by atoms with van der Waals surface area (Å²) in [6.07, 6.45) is 0.856. The smallest absolute Gasteiger partial charge is 0.0930 e. The zero-order valence-electron chi connectivity index (χ0n) is 14.3. The Morgan fingerprint density at radius 1 is 0.760 bits per heavy atom. The van der Waals surface area contributed by atoms with Crippen molar-refractivity contribution in [3.8, 4) is 16.9 Å². The van der Waals surface area contributed by atoms with Gasteiger partial charge in [-0.1, -0.05) is 78.4 Å². The number of rotatable bonds is 4. The molecule has 0 radical (unpaired) electrons. The van der Waals surface area contributed by atoms with E-state index in [1.165, 1.54) is 16.8 Å². The topological polar surface area (TPSA) is 17.8 Å². The predicted octanol–water partition coefficient (Wildman–Crippen LogP) is 5.44. The van der Waals surface area contributed by atoms with Gasteiger partial charge < -0.3 is 0 Å². The van der Waals surface area contributed by atoms with Gasteiger partial charge in [-0.05, 0) is 30.7 Å². The average Bonchev–Trinajstić information content (AvgIpc) is 3.09. The quantitative estimate of drug-likeness (QED) is 0.489. The molecule has 25 heavy (non-hydrogen) atoms. The molecular weight excluding hydrogens is 304 g/mol. The van der Waals surface area contributed by atoms with E-state index >= 15 is 0 Å². The molecule has 0 aliphatic heterocycles. The van der Waals surface area contributed by atoms with Crippen molar-refractivity contribution in [3.05, 3.63) is 108 Å². The number of nitrogens with zero attached hydrogens (tertiary/aromatic N) is 2. The summed E-state index contributed by atoms with van der Waals surface area (Å²) >= 11 is 0. The van der Waals surface area contributed by atoms with Crippen LogP contribution < -0.4 is 0 Å². The van der Waals surface area contributed by atoms with E-state index in [0.29, 0.717) is 0 Å². The van der Waals surface area contributed by atoms with Crippen LogP contribution in [0, 0.1) is 6.92 Å². The number of aromatic nitrogens is 2. The van der Waals surface area contributed by atoms with Crippen molar-refractivity contribution in [1.29, 1.82) is 0 Å². The second-order valence-electron chi connectivity index (χ2n) is 6.30. The summed E-state index contributed by atoms with van der Waals surface area (Å²) in [5.41, 5.74) is 7.00. The predicted molar refractivity (Wildman–Crippen MR) is 103 cm³/mol. The molecule has 0 aliphatic rings. The fraction of sp³-hybridized carbons (Fsp3) is 0.0870. The lowest BCUT2D eigenvalue weighted by Gasteiger charge is -2.07. The van der Waals surface area contributed by atoms with Gasteiger partial charge in [-0.15, -0.1) is 0 Å². The van der Waals surface area contributed by atoms with E-state index < -0.39 is 0 Å². The second kappa shape index (κ2) is 6.78. The van der Waals surface area contributed by atoms with Gasteiger partial charge in [0.1, 0.15) is 0 Å². The summed E-state index contributed by atoms with van der Waals surface area (Å²) in [5, 5.41) is 4.88. The Kier molecular flexibility index (Phi) is 4.17. The fourth-order valence-corrected chi connectivity index (χ4v) is 3.00. The van der Waals surface area contributed by atoms with Gasteiger partial charge in [0.15, 0.2) is 0 Å². The van der Waals surface area contributed by atoms with Gasteiger partial charge in [0.05, 0.1) is 11.4 Å². The van der Waals surface area contributed by atoms with Crippen LogP contribution in [0.4, 0.5) is 0 Å². The SMILES string of the molecule is Cc1ccc(Cc2cc(-c3ccccc3)nn2-c2ccccc2)cc1. The van der Waals surface area contributed by atoms with Crippen molar-refractivity contribution in [1.82, 2.24) is 9.78 Å². The van der Waals surface area contributed by atoms with E-state index in [4.69, 9.17) is 5.10 Å². The van der Waals surface area contributed by atoms with Crippen LogP contribution in [0.1, 0.15) is 16.8 Å². The maximum absolute atomic E-state index is 4.88. The Labute approximate surface area is 148 Å². The van der Waals surface area contributed by atoms with E-state index in [1.807, 2.05) is 12.1 Å². The normalized spacial score (nSPS) is 10.8. The van der Waals surface area contributed by atoms with E-state index in [1.54, 1.807) is 0 Å². The highest BCUT2D eigenvalue weighted by atomic mass is 15.3. The van der Waals surface area contributed by atoms with E-state index in [-0.39, 0.29) is 0 Å². The lowest BCUT2D eigenvalue weighted by Crippen LogP contribution is -2.02. The third-order valence-electron chi connectivity index (χ3n) is 4.36. The molecule has 0 atom stereocenters. The van der Waals surface area contributed by atoms with E-state index in [0.717, 1.165) is 23.4 Å². The first-order chi connectivity index (χ1) is 12.3. The summed E-state index contributed by atoms with van der Waals surface area (Å²) in [4.78, 5) is 0. The molecule has 4 aromatic rings. The minimum Gasteiger partial charge on any atom is -0.237 e. The molecule has 0 fully saturated rings. The van der Waals surface area contributed by atoms with Crippen LogP contribution in [-0.4, -0.2) is 9.78 Å². The number of benzene rings is 3. The Morgan fingerprint density at radius 2 is 1.40 bits per heavy atom. The standard InChI is InChI=1S/C23H20N2/c1-18-12-14-19(15-13-18)16-22-17-23(20-8-4-2-5-9-20)24-25(22)21-10-6-3-7-11-21/h2-15,17H,16H2,1H3. The van der Waals surface area contributed by atoms with Crippen molar-refractivity contribution in [2.45, 2.75) is 13.3 Å². The van der Waals surface area contributed by atoms with Crippen LogP contribution in [0.3, 0.4) is 0 Å². The van der Waals surface area contributed by atoms with Gasteiger partial charge in [-0.2, -0.15) is 5.10 Å². The van der Waals surface area contributed by atoms with Gasteiger partial charge >= 0.3 is 0 Å². The fourth-order valence-electron chi connectivity index (χ4n) is 3.00. The van der Waals surface area contributed by atoms with Gasteiger partial charge in [0, 0.05) is 17.7 Å². The summed E-state index contributed by atoms with van der Waals surface area (Å²) in [6.45, 7) is 2.12. The molecule has 0 saturated heterocycles. The molecule has 0 saturated carbocycles. The summed E-state index contributed by atoms with van der Waals surface area (Å²) < 4.78 is 2.06. The Balaban J connectivity index is 1.78. The molecule has 0 bridgehead atoms. The van der Waals surface area contributed by atoms with Crippen molar-refractivity contribution < 1.29 is 0 Å². The molecule has 0 amide bonds. The molecule has 2 heteroatoms. The highest BCUT2D eigenvalue weighted by Gasteiger charge is 2.11. The van der Waals surface area contributed by atoms with Crippen molar-refractivity contribution in [2.24, 2.45) is 0 Å². The van der Waals surface area contributed by atoms with Gasteiger partial charge in [-0.25, -0.2) is 4.68 Å². The van der Waals surface area contributed by atoms with Crippen molar-refractivity contribution in [3.63, 3.8) is 0 Å². The lowest BCUT2D eigenvalue weighted by molar-refractivity contribution is 0.826. The lowest BCUT2D eigenvalue weighted by atomic mass is 10.1. The summed E-state index contributed by atoms with van der Waals surface area (Å²) in [5.74, 6) is 0. The van der Waals surface area contributed by atoms with Gasteiger partial charge in [0.25, 0.3) is 0 Å². The second-order valence-corrected chi connectivity index (χ2v) is 6.30. The van der Waals surface area contributed by atoms with E-state index in [2.05, 4.69) is 90.5 Å². The summed E-state index contributed by atoms with van der Waals surface area (Å²) in [6, 6.07) is 31.6. The molecule has 0 unspecified atom stereocenters. The Bertz CT molecular complexity index is 952. The average molecular weight is 324 g/mol. The number of para-hydroxylation sites is 1. The summed E-state index contributed by atoms with van der Waals surface area (Å²) in [7, 11) is 0. The number of hydrogen-bond acceptors (Lipinski definition) is 1. The third kappa shape index (κ3) is 3.38. The van der Waals surface area contributed by atoms with Crippen LogP contribution in [-0.2, 0) is 6.42 Å². The van der Waals surface area contributed by atoms with Crippen LogP contribution in [0.25, 0.3) is 16.9 Å². The van der Waals surface area contributed by atoms with Gasteiger partial charge in [0.2, 0.25) is 0 Å². The monoisotopic (exact) mass is 324 g/mol. The zero-order chi connectivity index (χ0) is 17.1. The first-order valence-corrected chi connectivity index (χ1v) is 8.55. The van der Waals surface area contributed by atoms with Gasteiger partial charge in [-0.3, -0.25) is 0 Å². The molecule has 4 rings (SSSR count). The van der Waals surface area contributed by atoms with Crippen LogP contribution in [0.15, 0.2) is 91.0 Å². The minimum absolute atomic E-state index is 0.856. The molecule has 0 N–H and O–H groups in total. The molecule has 0 aliphatic carbocycles. The maximum atomic E-state index is 4.88. The first kappa shape index (κ1) is 15.4. The molecule has 2 nitrogen and oxygen atoms in total. The van der Waals surface area contributed by atoms with E-state index in [9.17, 15) is 0 Å². The minimum atomic E-state index is 0.856. The van der Waals surface area contributed by atoms with Crippen LogP contribution in [0.2, 0.25) is 0 Å². The number of aryl methyl sites for hydroxylation is 1. The Hall–Kier alpha value is -3.13. The van der Waals surface area contributed by atoms with Crippen molar-refractivity contribution >= 4 is 0 Å². The number of hydrogen-bond donors (Lipinski definition) is 0.